The number of aromatic nitrogens is 1. The highest BCUT2D eigenvalue weighted by molar-refractivity contribution is 5.85. The Hall–Kier alpha value is -1.56. The van der Waals surface area contributed by atoms with Crippen molar-refractivity contribution in [1.29, 1.82) is 0 Å². The van der Waals surface area contributed by atoms with E-state index in [1.165, 1.54) is 0 Å². The third-order valence-electron chi connectivity index (χ3n) is 3.08. The van der Waals surface area contributed by atoms with Crippen LogP contribution in [0.3, 0.4) is 0 Å². The Morgan fingerprint density at radius 2 is 2.17 bits per heavy atom. The lowest BCUT2D eigenvalue weighted by atomic mass is 9.88. The van der Waals surface area contributed by atoms with E-state index in [2.05, 4.69) is 15.5 Å². The van der Waals surface area contributed by atoms with Crippen molar-refractivity contribution in [2.24, 2.45) is 16.3 Å². The molecule has 0 fully saturated rings. The van der Waals surface area contributed by atoms with Crippen molar-refractivity contribution in [3.05, 3.63) is 17.3 Å². The molecule has 0 bridgehead atoms. The van der Waals surface area contributed by atoms with E-state index in [0.717, 1.165) is 24.4 Å². The minimum Gasteiger partial charge on any atom is -0.444 e. The van der Waals surface area contributed by atoms with Gasteiger partial charge in [-0.05, 0) is 26.8 Å². The van der Waals surface area contributed by atoms with Crippen LogP contribution in [0.2, 0.25) is 0 Å². The van der Waals surface area contributed by atoms with Crippen molar-refractivity contribution >= 4 is 5.84 Å². The molecule has 1 aromatic rings. The van der Waals surface area contributed by atoms with Gasteiger partial charge in [-0.15, -0.1) is 0 Å². The van der Waals surface area contributed by atoms with E-state index in [0.29, 0.717) is 12.4 Å². The van der Waals surface area contributed by atoms with E-state index in [4.69, 9.17) is 15.4 Å². The van der Waals surface area contributed by atoms with Gasteiger partial charge in [0.1, 0.15) is 11.6 Å². The van der Waals surface area contributed by atoms with Crippen molar-refractivity contribution < 1.29 is 9.62 Å². The number of nitrogens with zero attached hydrogens (tertiary/aromatic N) is 2. The van der Waals surface area contributed by atoms with Gasteiger partial charge in [0.15, 0.2) is 0 Å². The van der Waals surface area contributed by atoms with E-state index in [-0.39, 0.29) is 11.3 Å². The fourth-order valence-electron chi connectivity index (χ4n) is 1.47. The molecule has 6 heteroatoms. The fraction of sp³-hybridized carbons (Fsp3) is 0.667. The van der Waals surface area contributed by atoms with Crippen molar-refractivity contribution in [3.63, 3.8) is 0 Å². The average molecular weight is 254 g/mol. The summed E-state index contributed by atoms with van der Waals surface area (Å²) in [4.78, 5) is 4.28. The maximum absolute atomic E-state index is 8.66. The Morgan fingerprint density at radius 3 is 2.67 bits per heavy atom. The van der Waals surface area contributed by atoms with Gasteiger partial charge in [0.2, 0.25) is 5.89 Å². The van der Waals surface area contributed by atoms with Gasteiger partial charge < -0.3 is 20.7 Å². The Kier molecular flexibility index (Phi) is 4.72. The van der Waals surface area contributed by atoms with E-state index < -0.39 is 0 Å². The molecule has 0 aliphatic heterocycles. The van der Waals surface area contributed by atoms with E-state index in [9.17, 15) is 0 Å². The minimum absolute atomic E-state index is 0.243. The summed E-state index contributed by atoms with van der Waals surface area (Å²) in [6, 6.07) is 0. The maximum atomic E-state index is 8.66. The lowest BCUT2D eigenvalue weighted by Crippen LogP contribution is -2.34. The number of nitrogens with one attached hydrogen (secondary N) is 1. The Morgan fingerprint density at radius 1 is 1.50 bits per heavy atom. The minimum atomic E-state index is -0.329. The SMILES string of the molecule is Cc1nc(CNCCC(C)(C)C(N)=NO)oc1C. The zero-order chi connectivity index (χ0) is 13.8. The predicted octanol–water partition coefficient (Wildman–Crippen LogP) is 1.54. The second kappa shape index (κ2) is 5.86. The summed E-state index contributed by atoms with van der Waals surface area (Å²) < 4.78 is 5.45. The molecule has 0 aliphatic rings. The van der Waals surface area contributed by atoms with Crippen LogP contribution in [-0.2, 0) is 6.54 Å². The second-order valence-corrected chi connectivity index (χ2v) is 5.05. The summed E-state index contributed by atoms with van der Waals surface area (Å²) in [6.07, 6.45) is 0.765. The van der Waals surface area contributed by atoms with Gasteiger partial charge in [-0.2, -0.15) is 0 Å². The van der Waals surface area contributed by atoms with Crippen molar-refractivity contribution in [2.75, 3.05) is 6.54 Å². The lowest BCUT2D eigenvalue weighted by molar-refractivity contribution is 0.304. The van der Waals surface area contributed by atoms with Crippen LogP contribution in [0.1, 0.15) is 37.6 Å². The Labute approximate surface area is 107 Å². The average Bonchev–Trinajstić information content (AvgIpc) is 2.63. The highest BCUT2D eigenvalue weighted by Crippen LogP contribution is 2.19. The topological polar surface area (TPSA) is 96.7 Å². The van der Waals surface area contributed by atoms with Crippen molar-refractivity contribution in [2.45, 2.75) is 40.7 Å². The van der Waals surface area contributed by atoms with Crippen LogP contribution in [-0.4, -0.2) is 22.6 Å². The van der Waals surface area contributed by atoms with Gasteiger partial charge in [-0.25, -0.2) is 4.98 Å². The first kappa shape index (κ1) is 14.5. The molecular weight excluding hydrogens is 232 g/mol. The van der Waals surface area contributed by atoms with Gasteiger partial charge in [0.05, 0.1) is 12.2 Å². The Bertz CT molecular complexity index is 404. The Balaban J connectivity index is 2.35. The molecule has 4 N–H and O–H groups in total. The number of hydrogen-bond donors (Lipinski definition) is 3. The summed E-state index contributed by atoms with van der Waals surface area (Å²) in [5.41, 5.74) is 6.20. The highest BCUT2D eigenvalue weighted by atomic mass is 16.4. The molecule has 0 aliphatic carbocycles. The highest BCUT2D eigenvalue weighted by Gasteiger charge is 2.22. The molecule has 6 nitrogen and oxygen atoms in total. The molecule has 18 heavy (non-hydrogen) atoms. The quantitative estimate of drug-likeness (QED) is 0.235. The molecule has 1 rings (SSSR count). The molecule has 0 saturated carbocycles. The molecule has 0 aromatic carbocycles. The number of aryl methyl sites for hydroxylation is 2. The fourth-order valence-corrected chi connectivity index (χ4v) is 1.47. The summed E-state index contributed by atoms with van der Waals surface area (Å²) in [5.74, 6) is 1.78. The second-order valence-electron chi connectivity index (χ2n) is 5.05. The largest absolute Gasteiger partial charge is 0.444 e. The van der Waals surface area contributed by atoms with E-state index in [1.54, 1.807) is 0 Å². The number of oxime groups is 1. The molecule has 0 unspecified atom stereocenters. The predicted molar refractivity (Wildman–Crippen MR) is 69.5 cm³/mol. The molecule has 1 heterocycles. The van der Waals surface area contributed by atoms with Crippen LogP contribution >= 0.6 is 0 Å². The molecule has 0 amide bonds. The molecule has 0 saturated heterocycles. The first-order valence-electron chi connectivity index (χ1n) is 5.98. The van der Waals surface area contributed by atoms with Crippen molar-refractivity contribution in [3.8, 4) is 0 Å². The monoisotopic (exact) mass is 254 g/mol. The van der Waals surface area contributed by atoms with Crippen LogP contribution in [0.15, 0.2) is 9.57 Å². The maximum Gasteiger partial charge on any atom is 0.208 e. The standard InChI is InChI=1S/C12H22N4O2/c1-8-9(2)18-10(15-8)7-14-6-5-12(3,4)11(13)16-17/h14,17H,5-7H2,1-4H3,(H2,13,16). The number of amidine groups is 1. The van der Waals surface area contributed by atoms with Gasteiger partial charge >= 0.3 is 0 Å². The summed E-state index contributed by atoms with van der Waals surface area (Å²) >= 11 is 0. The van der Waals surface area contributed by atoms with Gasteiger partial charge in [-0.3, -0.25) is 0 Å². The van der Waals surface area contributed by atoms with E-state index in [1.807, 2.05) is 27.7 Å². The van der Waals surface area contributed by atoms with E-state index >= 15 is 0 Å². The normalized spacial score (nSPS) is 13.0. The zero-order valence-electron chi connectivity index (χ0n) is 11.4. The molecule has 0 atom stereocenters. The summed E-state index contributed by atoms with van der Waals surface area (Å²) in [7, 11) is 0. The lowest BCUT2D eigenvalue weighted by Gasteiger charge is -2.22. The number of nitrogens with two attached hydrogens (primary N) is 1. The van der Waals surface area contributed by atoms with Crippen LogP contribution in [0, 0.1) is 19.3 Å². The first-order chi connectivity index (χ1) is 8.36. The van der Waals surface area contributed by atoms with Crippen LogP contribution in [0.25, 0.3) is 0 Å². The molecule has 1 aromatic heterocycles. The summed E-state index contributed by atoms with van der Waals surface area (Å²) in [6.45, 7) is 9.01. The van der Waals surface area contributed by atoms with Crippen molar-refractivity contribution in [1.82, 2.24) is 10.3 Å². The third-order valence-corrected chi connectivity index (χ3v) is 3.08. The first-order valence-corrected chi connectivity index (χ1v) is 5.98. The van der Waals surface area contributed by atoms with Crippen LogP contribution < -0.4 is 11.1 Å². The third kappa shape index (κ3) is 3.73. The van der Waals surface area contributed by atoms with Crippen LogP contribution in [0.4, 0.5) is 0 Å². The molecular formula is C12H22N4O2. The van der Waals surface area contributed by atoms with Gasteiger partial charge in [0.25, 0.3) is 0 Å². The zero-order valence-corrected chi connectivity index (χ0v) is 11.4. The number of oxazole rings is 1. The molecule has 102 valence electrons. The number of hydrogen-bond acceptors (Lipinski definition) is 5. The van der Waals surface area contributed by atoms with Gasteiger partial charge in [0, 0.05) is 5.41 Å². The molecule has 0 spiro atoms. The molecule has 0 radical (unpaired) electrons. The van der Waals surface area contributed by atoms with Gasteiger partial charge in [-0.1, -0.05) is 19.0 Å². The smallest absolute Gasteiger partial charge is 0.208 e. The van der Waals surface area contributed by atoms with Crippen LogP contribution in [0.5, 0.6) is 0 Å². The summed E-state index contributed by atoms with van der Waals surface area (Å²) in [5, 5.41) is 14.9. The number of rotatable bonds is 6.